The van der Waals surface area contributed by atoms with Gasteiger partial charge in [0.2, 0.25) is 5.82 Å². The van der Waals surface area contributed by atoms with Crippen LogP contribution >= 0.6 is 0 Å². The van der Waals surface area contributed by atoms with Crippen LogP contribution in [0.5, 0.6) is 5.75 Å². The normalized spacial score (nSPS) is 10.3. The zero-order valence-corrected chi connectivity index (χ0v) is 12.7. The summed E-state index contributed by atoms with van der Waals surface area (Å²) >= 11 is 0. The van der Waals surface area contributed by atoms with Crippen molar-refractivity contribution in [3.63, 3.8) is 0 Å². The number of nitrogens with zero attached hydrogens (tertiary/aromatic N) is 2. The van der Waals surface area contributed by atoms with Crippen molar-refractivity contribution < 1.29 is 14.1 Å². The van der Waals surface area contributed by atoms with E-state index in [4.69, 9.17) is 9.26 Å². The highest BCUT2D eigenvalue weighted by Crippen LogP contribution is 2.22. The number of benzene rings is 2. The molecule has 0 saturated carbocycles. The molecule has 3 aromatic rings. The van der Waals surface area contributed by atoms with Crippen LogP contribution in [-0.4, -0.2) is 23.0 Å². The van der Waals surface area contributed by atoms with Crippen LogP contribution in [0.15, 0.2) is 53.1 Å². The fraction of sp³-hybridized carbons (Fsp3) is 0.118. The first-order chi connectivity index (χ1) is 11.2. The third-order valence-corrected chi connectivity index (χ3v) is 3.29. The van der Waals surface area contributed by atoms with Gasteiger partial charge in [-0.1, -0.05) is 17.3 Å². The second kappa shape index (κ2) is 6.31. The highest BCUT2D eigenvalue weighted by atomic mass is 16.5. The van der Waals surface area contributed by atoms with E-state index in [2.05, 4.69) is 15.5 Å². The number of nitrogens with one attached hydrogen (secondary N) is 1. The van der Waals surface area contributed by atoms with Crippen molar-refractivity contribution in [2.24, 2.45) is 0 Å². The molecule has 0 amide bonds. The summed E-state index contributed by atoms with van der Waals surface area (Å²) in [5.41, 5.74) is 2.15. The highest BCUT2D eigenvalue weighted by molar-refractivity contribution is 5.95. The molecule has 0 aliphatic carbocycles. The third kappa shape index (κ3) is 3.37. The van der Waals surface area contributed by atoms with Gasteiger partial charge in [-0.2, -0.15) is 4.98 Å². The number of anilines is 2. The summed E-state index contributed by atoms with van der Waals surface area (Å²) < 4.78 is 10.3. The van der Waals surface area contributed by atoms with E-state index in [0.717, 1.165) is 11.3 Å². The number of hydrogen-bond acceptors (Lipinski definition) is 6. The molecule has 0 radical (unpaired) electrons. The molecule has 0 spiro atoms. The van der Waals surface area contributed by atoms with Crippen LogP contribution in [0.1, 0.15) is 17.3 Å². The zero-order chi connectivity index (χ0) is 16.2. The molecule has 1 N–H and O–H groups in total. The number of ether oxygens (including phenoxy) is 1. The first-order valence-corrected chi connectivity index (χ1v) is 7.02. The minimum atomic E-state index is -0.00176. The fourth-order valence-electron chi connectivity index (χ4n) is 2.07. The number of Topliss-reactive ketones (excluding diaryl/α,β-unsaturated/α-hetero) is 1. The van der Waals surface area contributed by atoms with Gasteiger partial charge in [-0.3, -0.25) is 4.79 Å². The van der Waals surface area contributed by atoms with Crippen LogP contribution in [0.25, 0.3) is 11.4 Å². The Morgan fingerprint density at radius 3 is 2.65 bits per heavy atom. The molecular formula is C17H15N3O3. The quantitative estimate of drug-likeness (QED) is 0.724. The molecule has 3 rings (SSSR count). The number of ketones is 1. The lowest BCUT2D eigenvalue weighted by atomic mass is 10.1. The van der Waals surface area contributed by atoms with E-state index in [1.54, 1.807) is 25.3 Å². The average molecular weight is 309 g/mol. The van der Waals surface area contributed by atoms with E-state index in [0.29, 0.717) is 17.1 Å². The minimum absolute atomic E-state index is 0.00176. The highest BCUT2D eigenvalue weighted by Gasteiger charge is 2.09. The Morgan fingerprint density at radius 2 is 1.96 bits per heavy atom. The Hall–Kier alpha value is -3.15. The van der Waals surface area contributed by atoms with Crippen molar-refractivity contribution in [1.29, 1.82) is 0 Å². The minimum Gasteiger partial charge on any atom is -0.497 e. The Kier molecular flexibility index (Phi) is 4.05. The van der Waals surface area contributed by atoms with Crippen molar-refractivity contribution in [3.05, 3.63) is 54.1 Å². The van der Waals surface area contributed by atoms with Gasteiger partial charge >= 0.3 is 6.01 Å². The molecule has 6 nitrogen and oxygen atoms in total. The summed E-state index contributed by atoms with van der Waals surface area (Å²) in [6.45, 7) is 1.52. The summed E-state index contributed by atoms with van der Waals surface area (Å²) in [5.74, 6) is 1.23. The molecule has 0 atom stereocenters. The molecular weight excluding hydrogens is 294 g/mol. The Bertz CT molecular complexity index is 825. The van der Waals surface area contributed by atoms with Gasteiger partial charge < -0.3 is 14.6 Å². The van der Waals surface area contributed by atoms with Crippen molar-refractivity contribution in [3.8, 4) is 17.1 Å². The van der Waals surface area contributed by atoms with E-state index < -0.39 is 0 Å². The summed E-state index contributed by atoms with van der Waals surface area (Å²) in [5, 5.41) is 6.93. The monoisotopic (exact) mass is 309 g/mol. The average Bonchev–Trinajstić information content (AvgIpc) is 3.03. The van der Waals surface area contributed by atoms with Crippen molar-refractivity contribution in [1.82, 2.24) is 10.1 Å². The summed E-state index contributed by atoms with van der Waals surface area (Å²) in [4.78, 5) is 15.7. The van der Waals surface area contributed by atoms with Crippen LogP contribution in [0, 0.1) is 0 Å². The maximum atomic E-state index is 11.4. The lowest BCUT2D eigenvalue weighted by Crippen LogP contribution is -1.95. The molecule has 23 heavy (non-hydrogen) atoms. The van der Waals surface area contributed by atoms with Crippen molar-refractivity contribution in [2.75, 3.05) is 12.4 Å². The van der Waals surface area contributed by atoms with Crippen LogP contribution in [-0.2, 0) is 0 Å². The van der Waals surface area contributed by atoms with Gasteiger partial charge in [-0.15, -0.1) is 0 Å². The molecule has 6 heteroatoms. The van der Waals surface area contributed by atoms with Gasteiger partial charge in [0.1, 0.15) is 5.75 Å². The van der Waals surface area contributed by atoms with Crippen molar-refractivity contribution in [2.45, 2.75) is 6.92 Å². The number of aromatic nitrogens is 2. The van der Waals surface area contributed by atoms with E-state index in [9.17, 15) is 4.79 Å². The lowest BCUT2D eigenvalue weighted by Gasteiger charge is -2.02. The van der Waals surface area contributed by atoms with Gasteiger partial charge in [-0.05, 0) is 43.3 Å². The molecule has 1 aromatic heterocycles. The number of carbonyl (C=O) groups excluding carboxylic acids is 1. The second-order valence-electron chi connectivity index (χ2n) is 4.91. The van der Waals surface area contributed by atoms with Gasteiger partial charge in [-0.25, -0.2) is 0 Å². The maximum absolute atomic E-state index is 11.4. The zero-order valence-electron chi connectivity index (χ0n) is 12.7. The third-order valence-electron chi connectivity index (χ3n) is 3.29. The van der Waals surface area contributed by atoms with Gasteiger partial charge in [0.15, 0.2) is 5.78 Å². The van der Waals surface area contributed by atoms with Crippen LogP contribution in [0.3, 0.4) is 0 Å². The SMILES string of the molecule is COc1ccc(-c2noc(Nc3cccc(C(C)=O)c3)n2)cc1. The van der Waals surface area contributed by atoms with Crippen LogP contribution in [0.2, 0.25) is 0 Å². The van der Waals surface area contributed by atoms with E-state index >= 15 is 0 Å². The summed E-state index contributed by atoms with van der Waals surface area (Å²) in [6, 6.07) is 14.7. The molecule has 1 heterocycles. The molecule has 0 saturated heterocycles. The summed E-state index contributed by atoms with van der Waals surface area (Å²) in [6.07, 6.45) is 0. The summed E-state index contributed by atoms with van der Waals surface area (Å²) in [7, 11) is 1.61. The standard InChI is InChI=1S/C17H15N3O3/c1-11(21)13-4-3-5-14(10-13)18-17-19-16(20-23-17)12-6-8-15(22-2)9-7-12/h3-10H,1-2H3,(H,18,19,20). The molecule has 0 unspecified atom stereocenters. The predicted molar refractivity (Wildman–Crippen MR) is 86.0 cm³/mol. The molecule has 0 bridgehead atoms. The molecule has 0 fully saturated rings. The largest absolute Gasteiger partial charge is 0.497 e. The number of hydrogen-bond donors (Lipinski definition) is 1. The number of methoxy groups -OCH3 is 1. The number of rotatable bonds is 5. The van der Waals surface area contributed by atoms with E-state index in [-0.39, 0.29) is 11.8 Å². The predicted octanol–water partition coefficient (Wildman–Crippen LogP) is 3.69. The van der Waals surface area contributed by atoms with Crippen LogP contribution < -0.4 is 10.1 Å². The molecule has 0 aliphatic rings. The Morgan fingerprint density at radius 1 is 1.17 bits per heavy atom. The Labute approximate surface area is 133 Å². The first kappa shape index (κ1) is 14.8. The van der Waals surface area contributed by atoms with Gasteiger partial charge in [0.25, 0.3) is 0 Å². The smallest absolute Gasteiger partial charge is 0.326 e. The van der Waals surface area contributed by atoms with Crippen molar-refractivity contribution >= 4 is 17.5 Å². The van der Waals surface area contributed by atoms with Crippen LogP contribution in [0.4, 0.5) is 11.7 Å². The fourth-order valence-corrected chi connectivity index (χ4v) is 2.07. The van der Waals surface area contributed by atoms with E-state index in [1.807, 2.05) is 30.3 Å². The lowest BCUT2D eigenvalue weighted by molar-refractivity contribution is 0.101. The topological polar surface area (TPSA) is 77.3 Å². The van der Waals surface area contributed by atoms with Gasteiger partial charge in [0, 0.05) is 16.8 Å². The molecule has 116 valence electrons. The molecule has 0 aliphatic heterocycles. The second-order valence-corrected chi connectivity index (χ2v) is 4.91. The van der Waals surface area contributed by atoms with E-state index in [1.165, 1.54) is 6.92 Å². The first-order valence-electron chi connectivity index (χ1n) is 7.02. The van der Waals surface area contributed by atoms with Gasteiger partial charge in [0.05, 0.1) is 7.11 Å². The Balaban J connectivity index is 1.79. The maximum Gasteiger partial charge on any atom is 0.326 e. The molecule has 2 aromatic carbocycles. The number of carbonyl (C=O) groups is 1.